The van der Waals surface area contributed by atoms with Gasteiger partial charge in [-0.1, -0.05) is 0 Å². The van der Waals surface area contributed by atoms with Crippen LogP contribution in [0, 0.1) is 10.1 Å². The van der Waals surface area contributed by atoms with Crippen LogP contribution >= 0.6 is 0 Å². The van der Waals surface area contributed by atoms with Crippen molar-refractivity contribution in [3.05, 3.63) is 33.9 Å². The Morgan fingerprint density at radius 1 is 1.47 bits per heavy atom. The number of nitro benzene ring substituents is 1. The third kappa shape index (κ3) is 3.21. The van der Waals surface area contributed by atoms with Crippen molar-refractivity contribution in [2.45, 2.75) is 12.8 Å². The standard InChI is InChI=1S/C10H12NO4/c1-15-6-2-3-8-7-9(11(13)14)4-5-10(8)12/h4-5,7H,2-3,6H2,1H3. The van der Waals surface area contributed by atoms with Gasteiger partial charge in [0.2, 0.25) is 0 Å². The zero-order valence-electron chi connectivity index (χ0n) is 8.43. The van der Waals surface area contributed by atoms with E-state index in [9.17, 15) is 15.2 Å². The quantitative estimate of drug-likeness (QED) is 0.425. The van der Waals surface area contributed by atoms with Gasteiger partial charge < -0.3 is 4.74 Å². The number of rotatable bonds is 5. The van der Waals surface area contributed by atoms with Crippen molar-refractivity contribution >= 4 is 5.69 Å². The molecule has 1 radical (unpaired) electrons. The van der Waals surface area contributed by atoms with E-state index in [2.05, 4.69) is 0 Å². The van der Waals surface area contributed by atoms with E-state index in [-0.39, 0.29) is 11.4 Å². The number of nitro groups is 1. The minimum absolute atomic E-state index is 0.0398. The van der Waals surface area contributed by atoms with Crippen molar-refractivity contribution in [1.82, 2.24) is 0 Å². The van der Waals surface area contributed by atoms with Crippen molar-refractivity contribution in [2.24, 2.45) is 0 Å². The van der Waals surface area contributed by atoms with Gasteiger partial charge >= 0.3 is 0 Å². The molecule has 5 nitrogen and oxygen atoms in total. The lowest BCUT2D eigenvalue weighted by Crippen LogP contribution is -1.94. The molecule has 0 aliphatic carbocycles. The predicted octanol–water partition coefficient (Wildman–Crippen LogP) is 2.32. The maximum absolute atomic E-state index is 11.3. The summed E-state index contributed by atoms with van der Waals surface area (Å²) < 4.78 is 4.85. The van der Waals surface area contributed by atoms with Gasteiger partial charge in [-0.05, 0) is 18.9 Å². The summed E-state index contributed by atoms with van der Waals surface area (Å²) in [5, 5.41) is 21.8. The summed E-state index contributed by atoms with van der Waals surface area (Å²) in [4.78, 5) is 9.97. The maximum Gasteiger partial charge on any atom is 0.269 e. The van der Waals surface area contributed by atoms with Gasteiger partial charge in [0, 0.05) is 31.4 Å². The summed E-state index contributed by atoms with van der Waals surface area (Å²) in [6, 6.07) is 3.79. The molecule has 15 heavy (non-hydrogen) atoms. The SMILES string of the molecule is COCCCc1cc([N+](=O)[O-])ccc1[O]. The number of hydrogen-bond donors (Lipinski definition) is 0. The number of ether oxygens (including phenoxy) is 1. The van der Waals surface area contributed by atoms with Crippen LogP contribution < -0.4 is 0 Å². The highest BCUT2D eigenvalue weighted by molar-refractivity contribution is 5.42. The molecule has 1 rings (SSSR count). The van der Waals surface area contributed by atoms with Gasteiger partial charge in [-0.25, -0.2) is 0 Å². The predicted molar refractivity (Wildman–Crippen MR) is 53.4 cm³/mol. The molecule has 1 aromatic rings. The normalized spacial score (nSPS) is 10.2. The summed E-state index contributed by atoms with van der Waals surface area (Å²) in [5.74, 6) is -0.156. The summed E-state index contributed by atoms with van der Waals surface area (Å²) in [5.41, 5.74) is 0.434. The van der Waals surface area contributed by atoms with E-state index >= 15 is 0 Å². The summed E-state index contributed by atoms with van der Waals surface area (Å²) >= 11 is 0. The second kappa shape index (κ2) is 5.31. The molecule has 0 fully saturated rings. The summed E-state index contributed by atoms with van der Waals surface area (Å²) in [6.07, 6.45) is 1.20. The molecule has 5 heteroatoms. The second-order valence-corrected chi connectivity index (χ2v) is 3.15. The first-order valence-corrected chi connectivity index (χ1v) is 4.58. The number of benzene rings is 1. The third-order valence-electron chi connectivity index (χ3n) is 2.05. The Morgan fingerprint density at radius 3 is 2.80 bits per heavy atom. The fourth-order valence-corrected chi connectivity index (χ4v) is 1.28. The van der Waals surface area contributed by atoms with E-state index in [1.165, 1.54) is 18.2 Å². The van der Waals surface area contributed by atoms with Crippen LogP contribution in [0.15, 0.2) is 18.2 Å². The third-order valence-corrected chi connectivity index (χ3v) is 2.05. The van der Waals surface area contributed by atoms with Crippen LogP contribution in [0.1, 0.15) is 12.0 Å². The van der Waals surface area contributed by atoms with Gasteiger partial charge in [0.1, 0.15) is 0 Å². The van der Waals surface area contributed by atoms with Crippen molar-refractivity contribution < 1.29 is 14.8 Å². The van der Waals surface area contributed by atoms with Crippen LogP contribution in [0.4, 0.5) is 5.69 Å². The fourth-order valence-electron chi connectivity index (χ4n) is 1.28. The van der Waals surface area contributed by atoms with Crippen LogP contribution in [-0.2, 0) is 16.3 Å². The molecule has 1 aromatic carbocycles. The maximum atomic E-state index is 11.3. The number of aryl methyl sites for hydroxylation is 1. The van der Waals surface area contributed by atoms with E-state index in [4.69, 9.17) is 4.74 Å². The van der Waals surface area contributed by atoms with Gasteiger partial charge in [0.05, 0.1) is 4.92 Å². The van der Waals surface area contributed by atoms with Crippen LogP contribution in [0.2, 0.25) is 0 Å². The summed E-state index contributed by atoms with van der Waals surface area (Å²) in [7, 11) is 1.57. The Balaban J connectivity index is 2.76. The average Bonchev–Trinajstić information content (AvgIpc) is 2.20. The lowest BCUT2D eigenvalue weighted by Gasteiger charge is -2.01. The highest BCUT2D eigenvalue weighted by atomic mass is 16.6. The smallest absolute Gasteiger partial charge is 0.269 e. The first-order valence-electron chi connectivity index (χ1n) is 4.58. The van der Waals surface area contributed by atoms with E-state index in [0.717, 1.165) is 0 Å². The van der Waals surface area contributed by atoms with Gasteiger partial charge in [0.15, 0.2) is 5.75 Å². The molecule has 0 N–H and O–H groups in total. The molecular weight excluding hydrogens is 198 g/mol. The van der Waals surface area contributed by atoms with Gasteiger partial charge in [-0.3, -0.25) is 15.2 Å². The Hall–Kier alpha value is -1.62. The molecule has 0 aliphatic heterocycles. The molecule has 0 spiro atoms. The molecule has 0 bridgehead atoms. The minimum Gasteiger partial charge on any atom is -0.385 e. The Bertz CT molecular complexity index is 351. The monoisotopic (exact) mass is 210 g/mol. The van der Waals surface area contributed by atoms with E-state index < -0.39 is 4.92 Å². The first-order chi connectivity index (χ1) is 7.15. The Kier molecular flexibility index (Phi) is 4.05. The van der Waals surface area contributed by atoms with E-state index in [1.54, 1.807) is 7.11 Å². The highest BCUT2D eigenvalue weighted by Gasteiger charge is 2.10. The first kappa shape index (κ1) is 11.5. The number of non-ortho nitro benzene ring substituents is 1. The van der Waals surface area contributed by atoms with Crippen LogP contribution in [-0.4, -0.2) is 18.6 Å². The topological polar surface area (TPSA) is 72.3 Å². The van der Waals surface area contributed by atoms with Crippen LogP contribution in [0.25, 0.3) is 0 Å². The lowest BCUT2D eigenvalue weighted by atomic mass is 10.1. The Labute approximate surface area is 87.5 Å². The van der Waals surface area contributed by atoms with E-state index in [1.807, 2.05) is 0 Å². The van der Waals surface area contributed by atoms with Gasteiger partial charge in [-0.2, -0.15) is 0 Å². The fraction of sp³-hybridized carbons (Fsp3) is 0.400. The average molecular weight is 210 g/mol. The molecule has 0 heterocycles. The molecule has 0 amide bonds. The lowest BCUT2D eigenvalue weighted by molar-refractivity contribution is -0.384. The minimum atomic E-state index is -0.501. The van der Waals surface area contributed by atoms with E-state index in [0.29, 0.717) is 25.0 Å². The molecule has 81 valence electrons. The van der Waals surface area contributed by atoms with Crippen LogP contribution in [0.3, 0.4) is 0 Å². The molecular formula is C10H12NO4. The number of nitrogens with zero attached hydrogens (tertiary/aromatic N) is 1. The molecule has 0 atom stereocenters. The summed E-state index contributed by atoms with van der Waals surface area (Å²) in [6.45, 7) is 0.544. The molecule has 0 aliphatic rings. The Morgan fingerprint density at radius 2 is 2.20 bits per heavy atom. The van der Waals surface area contributed by atoms with Crippen molar-refractivity contribution in [3.63, 3.8) is 0 Å². The molecule has 0 unspecified atom stereocenters. The molecule has 0 saturated heterocycles. The largest absolute Gasteiger partial charge is 0.385 e. The van der Waals surface area contributed by atoms with Gasteiger partial charge in [0.25, 0.3) is 5.69 Å². The zero-order valence-corrected chi connectivity index (χ0v) is 8.43. The van der Waals surface area contributed by atoms with Gasteiger partial charge in [-0.15, -0.1) is 0 Å². The zero-order chi connectivity index (χ0) is 11.3. The number of methoxy groups -OCH3 is 1. The molecule has 0 saturated carbocycles. The molecule has 0 aromatic heterocycles. The second-order valence-electron chi connectivity index (χ2n) is 3.15. The van der Waals surface area contributed by atoms with Crippen molar-refractivity contribution in [3.8, 4) is 5.75 Å². The van der Waals surface area contributed by atoms with Crippen LogP contribution in [0.5, 0.6) is 5.75 Å². The number of hydrogen-bond acceptors (Lipinski definition) is 3. The van der Waals surface area contributed by atoms with Crippen molar-refractivity contribution in [2.75, 3.05) is 13.7 Å². The van der Waals surface area contributed by atoms with Crippen molar-refractivity contribution in [1.29, 1.82) is 0 Å². The highest BCUT2D eigenvalue weighted by Crippen LogP contribution is 2.24.